The number of oxime groups is 1. The molecule has 0 aliphatic heterocycles. The van der Waals surface area contributed by atoms with E-state index < -0.39 is 12.2 Å². The summed E-state index contributed by atoms with van der Waals surface area (Å²) in [5.41, 5.74) is 2.13. The van der Waals surface area contributed by atoms with Crippen LogP contribution in [-0.4, -0.2) is 42.4 Å². The van der Waals surface area contributed by atoms with Crippen molar-refractivity contribution >= 4 is 30.0 Å². The Morgan fingerprint density at radius 2 is 1.91 bits per heavy atom. The SMILES string of the molecule is C#CC(OC(=O)[C@@H]1C(C=C(C)C)C1(C)C)/C(C)=C/CC.CNC(=O)O/N=C/C(C)(C)SC. The number of nitrogens with zero attached hydrogens (tertiary/aromatic N) is 1. The summed E-state index contributed by atoms with van der Waals surface area (Å²) in [6.45, 7) is 16.2. The Morgan fingerprint density at radius 3 is 2.34 bits per heavy atom. The maximum absolute atomic E-state index is 12.3. The van der Waals surface area contributed by atoms with E-state index in [2.05, 4.69) is 55.0 Å². The van der Waals surface area contributed by atoms with E-state index in [4.69, 9.17) is 11.2 Å². The number of carbonyl (C=O) groups is 2. The number of rotatable bonds is 8. The monoisotopic (exact) mass is 464 g/mol. The van der Waals surface area contributed by atoms with Gasteiger partial charge in [0.15, 0.2) is 6.10 Å². The fourth-order valence-corrected chi connectivity index (χ4v) is 3.12. The summed E-state index contributed by atoms with van der Waals surface area (Å²) in [6, 6.07) is 0. The van der Waals surface area contributed by atoms with Crippen LogP contribution in [0.4, 0.5) is 4.79 Å². The highest BCUT2D eigenvalue weighted by Gasteiger charge is 2.61. The molecule has 0 spiro atoms. The predicted octanol–water partition coefficient (Wildman–Crippen LogP) is 5.60. The molecule has 0 aromatic heterocycles. The number of hydrogen-bond acceptors (Lipinski definition) is 6. The highest BCUT2D eigenvalue weighted by Crippen LogP contribution is 2.59. The third kappa shape index (κ3) is 9.95. The highest BCUT2D eigenvalue weighted by molar-refractivity contribution is 8.00. The zero-order valence-electron chi connectivity index (χ0n) is 21.2. The molecule has 1 fully saturated rings. The van der Waals surface area contributed by atoms with Crippen LogP contribution in [0.3, 0.4) is 0 Å². The third-order valence-electron chi connectivity index (χ3n) is 5.23. The van der Waals surface area contributed by atoms with Crippen LogP contribution in [0.2, 0.25) is 0 Å². The van der Waals surface area contributed by atoms with Crippen LogP contribution in [0.25, 0.3) is 0 Å². The van der Waals surface area contributed by atoms with E-state index in [1.807, 2.05) is 40.0 Å². The molecule has 1 aliphatic rings. The van der Waals surface area contributed by atoms with Crippen molar-refractivity contribution in [3.05, 3.63) is 23.3 Å². The number of ether oxygens (including phenoxy) is 1. The number of hydrogen-bond donors (Lipinski definition) is 1. The molecule has 3 atom stereocenters. The van der Waals surface area contributed by atoms with E-state index in [0.29, 0.717) is 0 Å². The van der Waals surface area contributed by atoms with E-state index in [9.17, 15) is 9.59 Å². The van der Waals surface area contributed by atoms with Gasteiger partial charge in [-0.1, -0.05) is 49.6 Å². The lowest BCUT2D eigenvalue weighted by atomic mass is 10.1. The lowest BCUT2D eigenvalue weighted by Crippen LogP contribution is -2.20. The zero-order valence-corrected chi connectivity index (χ0v) is 22.1. The number of nitrogens with one attached hydrogen (secondary N) is 1. The Morgan fingerprint density at radius 1 is 1.31 bits per heavy atom. The summed E-state index contributed by atoms with van der Waals surface area (Å²) >= 11 is 1.63. The molecule has 0 aromatic rings. The predicted molar refractivity (Wildman–Crippen MR) is 135 cm³/mol. The number of carbonyl (C=O) groups excluding carboxylic acids is 2. The lowest BCUT2D eigenvalue weighted by Gasteiger charge is -2.13. The first kappa shape index (κ1) is 29.8. The van der Waals surface area contributed by atoms with Gasteiger partial charge in [0.05, 0.1) is 12.1 Å². The molecule has 180 valence electrons. The standard InChI is InChI=1S/C18H26O2.C7H14N2O2S/c1-8-10-13(5)15(9-2)20-17(19)16-14(11-12(3)4)18(16,6)7;1-7(2,12-4)5-9-11-6(10)8-3/h2,10-11,14-16H,8H2,1,3-7H3;5H,1-4H3,(H,8,10)/b13-10+;9-5+/t14?,15?,16-;/m0./s1. The Balaban J connectivity index is 0.000000687. The van der Waals surface area contributed by atoms with Crippen LogP contribution in [0.5, 0.6) is 0 Å². The van der Waals surface area contributed by atoms with Crippen molar-refractivity contribution in [3.63, 3.8) is 0 Å². The molecular weight excluding hydrogens is 424 g/mol. The molecule has 1 aliphatic carbocycles. The van der Waals surface area contributed by atoms with Gasteiger partial charge in [0.25, 0.3) is 0 Å². The molecule has 1 N–H and O–H groups in total. The first-order valence-corrected chi connectivity index (χ1v) is 12.0. The molecule has 0 radical (unpaired) electrons. The van der Waals surface area contributed by atoms with Gasteiger partial charge in [-0.05, 0) is 64.2 Å². The van der Waals surface area contributed by atoms with Crippen LogP contribution >= 0.6 is 11.8 Å². The molecule has 0 heterocycles. The summed E-state index contributed by atoms with van der Waals surface area (Å²) in [5, 5.41) is 5.81. The molecule has 0 saturated heterocycles. The topological polar surface area (TPSA) is 77.0 Å². The average molecular weight is 465 g/mol. The summed E-state index contributed by atoms with van der Waals surface area (Å²) in [6.07, 6.45) is 13.0. The normalized spacial score (nSPS) is 20.2. The molecule has 32 heavy (non-hydrogen) atoms. The molecule has 1 amide bonds. The van der Waals surface area contributed by atoms with Crippen LogP contribution < -0.4 is 5.32 Å². The van der Waals surface area contributed by atoms with Crippen molar-refractivity contribution in [2.45, 2.75) is 72.7 Å². The summed E-state index contributed by atoms with van der Waals surface area (Å²) in [5.74, 6) is 2.56. The van der Waals surface area contributed by atoms with E-state index in [1.165, 1.54) is 12.6 Å². The second kappa shape index (κ2) is 13.4. The molecule has 2 unspecified atom stereocenters. The van der Waals surface area contributed by atoms with Crippen molar-refractivity contribution in [1.82, 2.24) is 5.32 Å². The van der Waals surface area contributed by atoms with Crippen LogP contribution in [0.1, 0.15) is 61.8 Å². The summed E-state index contributed by atoms with van der Waals surface area (Å²) in [4.78, 5) is 27.3. The summed E-state index contributed by atoms with van der Waals surface area (Å²) < 4.78 is 5.41. The van der Waals surface area contributed by atoms with E-state index in [0.717, 1.165) is 12.0 Å². The van der Waals surface area contributed by atoms with Gasteiger partial charge in [-0.15, -0.1) is 6.42 Å². The van der Waals surface area contributed by atoms with Crippen molar-refractivity contribution in [1.29, 1.82) is 0 Å². The quantitative estimate of drug-likeness (QED) is 0.126. The number of thioether (sulfide) groups is 1. The number of terminal acetylenes is 1. The molecule has 0 bridgehead atoms. The first-order valence-electron chi connectivity index (χ1n) is 10.7. The van der Waals surface area contributed by atoms with Crippen LogP contribution in [-0.2, 0) is 14.4 Å². The second-order valence-corrected chi connectivity index (χ2v) is 10.5. The van der Waals surface area contributed by atoms with Crippen LogP contribution in [0.15, 0.2) is 28.5 Å². The van der Waals surface area contributed by atoms with Gasteiger partial charge >= 0.3 is 12.1 Å². The van der Waals surface area contributed by atoms with Crippen molar-refractivity contribution < 1.29 is 19.2 Å². The molecule has 0 aromatic carbocycles. The molecule has 6 nitrogen and oxygen atoms in total. The van der Waals surface area contributed by atoms with Gasteiger partial charge < -0.3 is 10.1 Å². The molecule has 1 rings (SSSR count). The van der Waals surface area contributed by atoms with E-state index in [1.54, 1.807) is 18.0 Å². The Bertz CT molecular complexity index is 771. The van der Waals surface area contributed by atoms with Crippen molar-refractivity contribution in [2.24, 2.45) is 22.4 Å². The van der Waals surface area contributed by atoms with Gasteiger partial charge in [0, 0.05) is 11.8 Å². The first-order chi connectivity index (χ1) is 14.8. The number of allylic oxidation sites excluding steroid dienone is 3. The Hall–Kier alpha value is -2.20. The van der Waals surface area contributed by atoms with E-state index >= 15 is 0 Å². The van der Waals surface area contributed by atoms with Gasteiger partial charge in [-0.2, -0.15) is 11.8 Å². The number of esters is 1. The van der Waals surface area contributed by atoms with Gasteiger partial charge in [-0.25, -0.2) is 4.79 Å². The zero-order chi connectivity index (χ0) is 25.1. The minimum Gasteiger partial charge on any atom is -0.444 e. The smallest absolute Gasteiger partial charge is 0.433 e. The Labute approximate surface area is 198 Å². The molecule has 7 heteroatoms. The summed E-state index contributed by atoms with van der Waals surface area (Å²) in [7, 11) is 1.48. The molecular formula is C25H40N2O4S. The largest absolute Gasteiger partial charge is 0.444 e. The molecule has 1 saturated carbocycles. The lowest BCUT2D eigenvalue weighted by molar-refractivity contribution is -0.147. The maximum atomic E-state index is 12.3. The van der Waals surface area contributed by atoms with Crippen LogP contribution in [0, 0.1) is 29.6 Å². The van der Waals surface area contributed by atoms with Gasteiger partial charge in [-0.3, -0.25) is 9.63 Å². The van der Waals surface area contributed by atoms with Crippen molar-refractivity contribution in [2.75, 3.05) is 13.3 Å². The fourth-order valence-electron chi connectivity index (χ4n) is 2.97. The average Bonchev–Trinajstić information content (AvgIpc) is 3.25. The van der Waals surface area contributed by atoms with Crippen molar-refractivity contribution in [3.8, 4) is 12.3 Å². The Kier molecular flexibility index (Phi) is 12.5. The minimum absolute atomic E-state index is 0.0319. The minimum atomic E-state index is -0.553. The van der Waals surface area contributed by atoms with E-state index in [-0.39, 0.29) is 28.0 Å². The fraction of sp³-hybridized carbons (Fsp3) is 0.640. The third-order valence-corrected chi connectivity index (χ3v) is 6.39. The highest BCUT2D eigenvalue weighted by atomic mass is 32.2. The second-order valence-electron chi connectivity index (χ2n) is 9.08. The maximum Gasteiger partial charge on any atom is 0.433 e. The van der Waals surface area contributed by atoms with Gasteiger partial charge in [0.1, 0.15) is 0 Å². The number of amides is 1. The van der Waals surface area contributed by atoms with Gasteiger partial charge in [0.2, 0.25) is 0 Å².